The van der Waals surface area contributed by atoms with Crippen molar-refractivity contribution in [2.45, 2.75) is 30.8 Å². The molecule has 0 saturated heterocycles. The van der Waals surface area contributed by atoms with Gasteiger partial charge in [0.2, 0.25) is 5.95 Å². The van der Waals surface area contributed by atoms with Gasteiger partial charge >= 0.3 is 0 Å². The summed E-state index contributed by atoms with van der Waals surface area (Å²) in [5.41, 5.74) is 3.97. The Bertz CT molecular complexity index is 1550. The molecule has 0 spiro atoms. The molecule has 0 unspecified atom stereocenters. The lowest BCUT2D eigenvalue weighted by Crippen LogP contribution is -2.32. The van der Waals surface area contributed by atoms with Crippen molar-refractivity contribution >= 4 is 21.8 Å². The number of ether oxygens (including phenoxy) is 2. The number of benzene rings is 3. The monoisotopic (exact) mass is 559 g/mol. The number of methoxy groups -OCH3 is 2. The van der Waals surface area contributed by atoms with E-state index in [1.807, 2.05) is 36.4 Å². The number of hydrogen-bond donors (Lipinski definition) is 2. The Kier molecular flexibility index (Phi) is 8.47. The standard InChI is InChI=1S/C30H33N5O4S/c1-38-24-13-14-27(39-2)28(19-24)40(36,37)34-29-25-21-35(20-23-11-7-4-8-12-23)18-16-26(25)32-30(33-29)31-17-15-22-9-5-3-6-10-22/h3-14,19H,15-18,20-21H2,1-2H3,(H2,31,32,33,34). The average molecular weight is 560 g/mol. The number of anilines is 2. The van der Waals surface area contributed by atoms with E-state index >= 15 is 0 Å². The second-order valence-electron chi connectivity index (χ2n) is 9.55. The van der Waals surface area contributed by atoms with Crippen LogP contribution in [0.5, 0.6) is 11.5 Å². The maximum absolute atomic E-state index is 13.7. The quantitative estimate of drug-likeness (QED) is 0.277. The van der Waals surface area contributed by atoms with E-state index in [9.17, 15) is 8.42 Å². The van der Waals surface area contributed by atoms with Gasteiger partial charge in [-0.2, -0.15) is 4.98 Å². The summed E-state index contributed by atoms with van der Waals surface area (Å²) >= 11 is 0. The summed E-state index contributed by atoms with van der Waals surface area (Å²) in [6, 6.07) is 25.0. The summed E-state index contributed by atoms with van der Waals surface area (Å²) in [6.07, 6.45) is 1.46. The lowest BCUT2D eigenvalue weighted by atomic mass is 10.1. The Morgan fingerprint density at radius 2 is 1.62 bits per heavy atom. The largest absolute Gasteiger partial charge is 0.497 e. The Morgan fingerprint density at radius 1 is 0.900 bits per heavy atom. The zero-order chi connectivity index (χ0) is 28.0. The van der Waals surface area contributed by atoms with Crippen LogP contribution in [0.15, 0.2) is 83.8 Å². The molecule has 0 radical (unpaired) electrons. The van der Waals surface area contributed by atoms with E-state index in [2.05, 4.69) is 44.2 Å². The van der Waals surface area contributed by atoms with Crippen LogP contribution in [-0.4, -0.2) is 50.6 Å². The molecule has 2 heterocycles. The summed E-state index contributed by atoms with van der Waals surface area (Å²) in [5, 5.41) is 3.29. The normalized spacial score (nSPS) is 13.3. The van der Waals surface area contributed by atoms with E-state index in [4.69, 9.17) is 14.5 Å². The summed E-state index contributed by atoms with van der Waals surface area (Å²) in [5.74, 6) is 1.27. The molecular weight excluding hydrogens is 526 g/mol. The molecule has 10 heteroatoms. The van der Waals surface area contributed by atoms with Crippen LogP contribution in [0.2, 0.25) is 0 Å². The molecule has 0 atom stereocenters. The van der Waals surface area contributed by atoms with E-state index in [1.54, 1.807) is 12.1 Å². The topological polar surface area (TPSA) is 106 Å². The highest BCUT2D eigenvalue weighted by Gasteiger charge is 2.27. The molecule has 3 aromatic carbocycles. The molecule has 208 valence electrons. The molecule has 1 aromatic heterocycles. The molecule has 4 aromatic rings. The van der Waals surface area contributed by atoms with Gasteiger partial charge in [0.25, 0.3) is 10.0 Å². The van der Waals surface area contributed by atoms with E-state index in [-0.39, 0.29) is 16.5 Å². The van der Waals surface area contributed by atoms with Crippen LogP contribution in [0.25, 0.3) is 0 Å². The van der Waals surface area contributed by atoms with E-state index < -0.39 is 10.0 Å². The van der Waals surface area contributed by atoms with Crippen LogP contribution < -0.4 is 19.5 Å². The third-order valence-electron chi connectivity index (χ3n) is 6.82. The van der Waals surface area contributed by atoms with Crippen molar-refractivity contribution in [1.82, 2.24) is 14.9 Å². The lowest BCUT2D eigenvalue weighted by molar-refractivity contribution is 0.243. The van der Waals surface area contributed by atoms with Gasteiger partial charge in [0.1, 0.15) is 22.2 Å². The molecular formula is C30H33N5O4S. The Labute approximate surface area is 235 Å². The Morgan fingerprint density at radius 3 is 2.33 bits per heavy atom. The molecule has 40 heavy (non-hydrogen) atoms. The molecule has 1 aliphatic rings. The van der Waals surface area contributed by atoms with E-state index in [0.29, 0.717) is 31.2 Å². The van der Waals surface area contributed by atoms with Crippen molar-refractivity contribution in [2.24, 2.45) is 0 Å². The molecule has 9 nitrogen and oxygen atoms in total. The molecule has 0 bridgehead atoms. The first-order valence-electron chi connectivity index (χ1n) is 13.1. The van der Waals surface area contributed by atoms with Gasteiger partial charge in [0.05, 0.1) is 19.9 Å². The molecule has 0 saturated carbocycles. The van der Waals surface area contributed by atoms with Crippen LogP contribution in [0.3, 0.4) is 0 Å². The van der Waals surface area contributed by atoms with Crippen molar-refractivity contribution in [2.75, 3.05) is 37.3 Å². The average Bonchev–Trinajstić information content (AvgIpc) is 2.98. The first-order chi connectivity index (χ1) is 19.4. The van der Waals surface area contributed by atoms with Crippen LogP contribution in [0, 0.1) is 0 Å². The number of aromatic nitrogens is 2. The van der Waals surface area contributed by atoms with Crippen LogP contribution in [0.1, 0.15) is 22.4 Å². The van der Waals surface area contributed by atoms with E-state index in [0.717, 1.165) is 30.8 Å². The number of rotatable bonds is 11. The summed E-state index contributed by atoms with van der Waals surface area (Å²) in [4.78, 5) is 11.7. The fourth-order valence-corrected chi connectivity index (χ4v) is 5.97. The highest BCUT2D eigenvalue weighted by Crippen LogP contribution is 2.32. The third kappa shape index (κ3) is 6.52. The van der Waals surface area contributed by atoms with Gasteiger partial charge in [-0.1, -0.05) is 60.7 Å². The second-order valence-corrected chi connectivity index (χ2v) is 11.2. The van der Waals surface area contributed by atoms with Gasteiger partial charge < -0.3 is 14.8 Å². The maximum atomic E-state index is 13.7. The van der Waals surface area contributed by atoms with Crippen molar-refractivity contribution in [3.8, 4) is 11.5 Å². The van der Waals surface area contributed by atoms with Crippen molar-refractivity contribution in [3.05, 3.63) is 101 Å². The third-order valence-corrected chi connectivity index (χ3v) is 8.18. The summed E-state index contributed by atoms with van der Waals surface area (Å²) in [6.45, 7) is 2.67. The molecule has 0 fully saturated rings. The number of sulfonamides is 1. The molecule has 0 aliphatic carbocycles. The Hall–Kier alpha value is -4.15. The summed E-state index contributed by atoms with van der Waals surface area (Å²) in [7, 11) is -1.15. The molecule has 2 N–H and O–H groups in total. The van der Waals surface area contributed by atoms with Crippen LogP contribution >= 0.6 is 0 Å². The van der Waals surface area contributed by atoms with Gasteiger partial charge in [0.15, 0.2) is 0 Å². The van der Waals surface area contributed by atoms with Crippen molar-refractivity contribution in [3.63, 3.8) is 0 Å². The molecule has 5 rings (SSSR count). The second kappa shape index (κ2) is 12.4. The zero-order valence-electron chi connectivity index (χ0n) is 22.6. The smallest absolute Gasteiger partial charge is 0.266 e. The van der Waals surface area contributed by atoms with Crippen molar-refractivity contribution < 1.29 is 17.9 Å². The molecule has 1 aliphatic heterocycles. The fraction of sp³-hybridized carbons (Fsp3) is 0.267. The zero-order valence-corrected chi connectivity index (χ0v) is 23.4. The predicted octanol–water partition coefficient (Wildman–Crippen LogP) is 4.51. The van der Waals surface area contributed by atoms with Crippen LogP contribution in [0.4, 0.5) is 11.8 Å². The minimum atomic E-state index is -4.07. The van der Waals surface area contributed by atoms with Gasteiger partial charge in [0, 0.05) is 44.2 Å². The number of hydrogen-bond acceptors (Lipinski definition) is 8. The van der Waals surface area contributed by atoms with Gasteiger partial charge in [-0.25, -0.2) is 13.4 Å². The fourth-order valence-electron chi connectivity index (χ4n) is 4.75. The highest BCUT2D eigenvalue weighted by atomic mass is 32.2. The van der Waals surface area contributed by atoms with Gasteiger partial charge in [-0.15, -0.1) is 0 Å². The maximum Gasteiger partial charge on any atom is 0.266 e. The highest BCUT2D eigenvalue weighted by molar-refractivity contribution is 7.92. The van der Waals surface area contributed by atoms with Crippen LogP contribution in [-0.2, 0) is 36.0 Å². The van der Waals surface area contributed by atoms with Crippen molar-refractivity contribution in [1.29, 1.82) is 0 Å². The number of nitrogens with zero attached hydrogens (tertiary/aromatic N) is 3. The van der Waals surface area contributed by atoms with Gasteiger partial charge in [-0.05, 0) is 29.7 Å². The Balaban J connectivity index is 1.45. The first-order valence-corrected chi connectivity index (χ1v) is 14.6. The van der Waals surface area contributed by atoms with Gasteiger partial charge in [-0.3, -0.25) is 9.62 Å². The molecule has 0 amide bonds. The SMILES string of the molecule is COc1ccc(OC)c(S(=O)(=O)Nc2nc(NCCc3ccccc3)nc3c2CN(Cc2ccccc2)CC3)c1. The van der Waals surface area contributed by atoms with E-state index in [1.165, 1.54) is 31.4 Å². The number of nitrogens with one attached hydrogen (secondary N) is 2. The summed E-state index contributed by atoms with van der Waals surface area (Å²) < 4.78 is 40.7. The first kappa shape index (κ1) is 27.4. The minimum Gasteiger partial charge on any atom is -0.497 e. The minimum absolute atomic E-state index is 0.0303. The predicted molar refractivity (Wildman–Crippen MR) is 155 cm³/mol. The number of fused-ring (bicyclic) bond motifs is 1. The lowest BCUT2D eigenvalue weighted by Gasteiger charge is -2.29.